The number of carbonyl (C=O) groups excluding carboxylic acids is 1. The van der Waals surface area contributed by atoms with Gasteiger partial charge in [0.15, 0.2) is 0 Å². The van der Waals surface area contributed by atoms with Crippen LogP contribution in [0.5, 0.6) is 5.75 Å². The predicted octanol–water partition coefficient (Wildman–Crippen LogP) is 1.08. The Balaban J connectivity index is 1.85. The first kappa shape index (κ1) is 20.2. The Kier molecular flexibility index (Phi) is 6.98. The summed E-state index contributed by atoms with van der Waals surface area (Å²) in [6.07, 6.45) is 1.19. The molecule has 1 aliphatic rings. The number of carboxylic acid groups (broad SMARTS) is 1. The molecule has 1 aromatic carbocycles. The molecule has 1 atom stereocenters. The van der Waals surface area contributed by atoms with E-state index in [2.05, 4.69) is 4.72 Å². The summed E-state index contributed by atoms with van der Waals surface area (Å²) in [7, 11) is -3.71. The summed E-state index contributed by atoms with van der Waals surface area (Å²) in [6.45, 7) is 2.98. The fraction of sp³-hybridized carbons (Fsp3) is 0.529. The van der Waals surface area contributed by atoms with Gasteiger partial charge in [0.2, 0.25) is 15.9 Å². The lowest BCUT2D eigenvalue weighted by Gasteiger charge is -2.30. The lowest BCUT2D eigenvalue weighted by molar-refractivity contribution is -0.145. The summed E-state index contributed by atoms with van der Waals surface area (Å²) in [6, 6.07) is 6.03. The summed E-state index contributed by atoms with van der Waals surface area (Å²) in [5.74, 6) is -1.11. The van der Waals surface area contributed by atoms with E-state index in [-0.39, 0.29) is 30.3 Å². The minimum absolute atomic E-state index is 0.0113. The summed E-state index contributed by atoms with van der Waals surface area (Å²) >= 11 is 0. The average molecular weight is 384 g/mol. The SMILES string of the molecule is CCOc1ccc(S(=O)(=O)NCCC(=O)N2CCC[C@H](C(=O)O)C2)cc1. The lowest BCUT2D eigenvalue weighted by atomic mass is 9.98. The van der Waals surface area contributed by atoms with E-state index in [1.54, 1.807) is 12.1 Å². The quantitative estimate of drug-likeness (QED) is 0.693. The van der Waals surface area contributed by atoms with Gasteiger partial charge < -0.3 is 14.7 Å². The zero-order valence-corrected chi connectivity index (χ0v) is 15.5. The van der Waals surface area contributed by atoms with Crippen molar-refractivity contribution in [2.75, 3.05) is 26.2 Å². The first-order valence-electron chi connectivity index (χ1n) is 8.56. The van der Waals surface area contributed by atoms with Crippen LogP contribution < -0.4 is 9.46 Å². The van der Waals surface area contributed by atoms with Gasteiger partial charge in [-0.2, -0.15) is 0 Å². The molecule has 1 heterocycles. The molecule has 0 aromatic heterocycles. The zero-order valence-electron chi connectivity index (χ0n) is 14.7. The van der Waals surface area contributed by atoms with Crippen LogP contribution in [-0.2, 0) is 19.6 Å². The highest BCUT2D eigenvalue weighted by atomic mass is 32.2. The van der Waals surface area contributed by atoms with E-state index in [4.69, 9.17) is 9.84 Å². The molecule has 0 saturated carbocycles. The molecule has 1 fully saturated rings. The van der Waals surface area contributed by atoms with Crippen LogP contribution in [0.2, 0.25) is 0 Å². The van der Waals surface area contributed by atoms with E-state index in [1.165, 1.54) is 17.0 Å². The summed E-state index contributed by atoms with van der Waals surface area (Å²) in [5, 5.41) is 9.06. The maximum atomic E-state index is 12.2. The number of sulfonamides is 1. The molecule has 9 heteroatoms. The molecule has 2 N–H and O–H groups in total. The van der Waals surface area contributed by atoms with E-state index in [9.17, 15) is 18.0 Å². The van der Waals surface area contributed by atoms with Crippen LogP contribution in [-0.4, -0.2) is 56.5 Å². The highest BCUT2D eigenvalue weighted by molar-refractivity contribution is 7.89. The standard InChI is InChI=1S/C17H24N2O6S/c1-2-25-14-5-7-15(8-6-14)26(23,24)18-10-9-16(20)19-11-3-4-13(12-19)17(21)22/h5-8,13,18H,2-4,9-12H2,1H3,(H,21,22)/t13-/m0/s1. The first-order valence-corrected chi connectivity index (χ1v) is 10.0. The van der Waals surface area contributed by atoms with Crippen LogP contribution >= 0.6 is 0 Å². The highest BCUT2D eigenvalue weighted by Gasteiger charge is 2.28. The van der Waals surface area contributed by atoms with Gasteiger partial charge in [-0.15, -0.1) is 0 Å². The minimum Gasteiger partial charge on any atom is -0.494 e. The number of nitrogens with zero attached hydrogens (tertiary/aromatic N) is 1. The summed E-state index contributed by atoms with van der Waals surface area (Å²) in [4.78, 5) is 24.8. The number of benzene rings is 1. The van der Waals surface area contributed by atoms with E-state index in [1.807, 2.05) is 6.92 Å². The highest BCUT2D eigenvalue weighted by Crippen LogP contribution is 2.18. The maximum absolute atomic E-state index is 12.2. The first-order chi connectivity index (χ1) is 12.3. The zero-order chi connectivity index (χ0) is 19.2. The number of ether oxygens (including phenoxy) is 1. The van der Waals surface area contributed by atoms with Crippen molar-refractivity contribution in [2.24, 2.45) is 5.92 Å². The third-order valence-electron chi connectivity index (χ3n) is 4.20. The van der Waals surface area contributed by atoms with Crippen molar-refractivity contribution in [3.8, 4) is 5.75 Å². The van der Waals surface area contributed by atoms with Gasteiger partial charge in [0.25, 0.3) is 0 Å². The van der Waals surface area contributed by atoms with Crippen LogP contribution in [0.15, 0.2) is 29.2 Å². The second kappa shape index (κ2) is 9.00. The van der Waals surface area contributed by atoms with Gasteiger partial charge in [0.05, 0.1) is 17.4 Å². The van der Waals surface area contributed by atoms with Gasteiger partial charge in [-0.3, -0.25) is 9.59 Å². The molecule has 1 saturated heterocycles. The Hall–Kier alpha value is -2.13. The Morgan fingerprint density at radius 2 is 2.00 bits per heavy atom. The number of hydrogen-bond donors (Lipinski definition) is 2. The second-order valence-corrected chi connectivity index (χ2v) is 7.84. The number of carbonyl (C=O) groups is 2. The van der Waals surface area contributed by atoms with Crippen LogP contribution in [0.1, 0.15) is 26.2 Å². The second-order valence-electron chi connectivity index (χ2n) is 6.07. The van der Waals surface area contributed by atoms with Crippen molar-refractivity contribution in [3.63, 3.8) is 0 Å². The van der Waals surface area contributed by atoms with Crippen molar-refractivity contribution in [3.05, 3.63) is 24.3 Å². The van der Waals surface area contributed by atoms with Crippen molar-refractivity contribution in [1.29, 1.82) is 0 Å². The predicted molar refractivity (Wildman–Crippen MR) is 94.4 cm³/mol. The van der Waals surface area contributed by atoms with Crippen LogP contribution in [0.3, 0.4) is 0 Å². The van der Waals surface area contributed by atoms with Gasteiger partial charge in [0.1, 0.15) is 5.75 Å². The van der Waals surface area contributed by atoms with Gasteiger partial charge in [-0.25, -0.2) is 13.1 Å². The van der Waals surface area contributed by atoms with Gasteiger partial charge in [-0.1, -0.05) is 0 Å². The third kappa shape index (κ3) is 5.43. The topological polar surface area (TPSA) is 113 Å². The maximum Gasteiger partial charge on any atom is 0.308 e. The molecule has 144 valence electrons. The minimum atomic E-state index is -3.71. The molecule has 1 aliphatic heterocycles. The molecule has 0 unspecified atom stereocenters. The van der Waals surface area contributed by atoms with E-state index in [0.29, 0.717) is 31.7 Å². The Morgan fingerprint density at radius 1 is 1.31 bits per heavy atom. The van der Waals surface area contributed by atoms with E-state index < -0.39 is 21.9 Å². The van der Waals surface area contributed by atoms with E-state index in [0.717, 1.165) is 0 Å². The molecule has 0 spiro atoms. The molecule has 1 aromatic rings. The number of aliphatic carboxylic acids is 1. The smallest absolute Gasteiger partial charge is 0.308 e. The molecule has 8 nitrogen and oxygen atoms in total. The molecule has 26 heavy (non-hydrogen) atoms. The molecule has 0 bridgehead atoms. The normalized spacial score (nSPS) is 17.7. The number of piperidine rings is 1. The molecular weight excluding hydrogens is 360 g/mol. The van der Waals surface area contributed by atoms with Gasteiger partial charge in [-0.05, 0) is 44.0 Å². The lowest BCUT2D eigenvalue weighted by Crippen LogP contribution is -2.43. The Labute approximate surface area is 153 Å². The van der Waals surface area contributed by atoms with Crippen molar-refractivity contribution >= 4 is 21.9 Å². The largest absolute Gasteiger partial charge is 0.494 e. The third-order valence-corrected chi connectivity index (χ3v) is 5.68. The number of rotatable bonds is 8. The number of nitrogens with one attached hydrogen (secondary N) is 1. The van der Waals surface area contributed by atoms with Crippen molar-refractivity contribution in [1.82, 2.24) is 9.62 Å². The van der Waals surface area contributed by atoms with Crippen LogP contribution in [0.4, 0.5) is 0 Å². The fourth-order valence-electron chi connectivity index (χ4n) is 2.82. The Bertz CT molecular complexity index is 732. The molecule has 2 rings (SSSR count). The van der Waals surface area contributed by atoms with Gasteiger partial charge in [0, 0.05) is 26.1 Å². The number of likely N-dealkylation sites (tertiary alicyclic amines) is 1. The molecular formula is C17H24N2O6S. The molecule has 0 aliphatic carbocycles. The molecule has 1 amide bonds. The number of hydrogen-bond acceptors (Lipinski definition) is 5. The van der Waals surface area contributed by atoms with Crippen LogP contribution in [0.25, 0.3) is 0 Å². The monoisotopic (exact) mass is 384 g/mol. The van der Waals surface area contributed by atoms with Crippen molar-refractivity contribution < 1.29 is 27.9 Å². The number of amides is 1. The fourth-order valence-corrected chi connectivity index (χ4v) is 3.85. The van der Waals surface area contributed by atoms with Crippen molar-refractivity contribution in [2.45, 2.75) is 31.1 Å². The van der Waals surface area contributed by atoms with E-state index >= 15 is 0 Å². The molecule has 0 radical (unpaired) electrons. The van der Waals surface area contributed by atoms with Crippen LogP contribution in [0, 0.1) is 5.92 Å². The Morgan fingerprint density at radius 3 is 2.62 bits per heavy atom. The average Bonchev–Trinajstić information content (AvgIpc) is 2.62. The number of carboxylic acids is 1. The summed E-state index contributed by atoms with van der Waals surface area (Å²) in [5.41, 5.74) is 0. The van der Waals surface area contributed by atoms with Gasteiger partial charge >= 0.3 is 5.97 Å². The summed E-state index contributed by atoms with van der Waals surface area (Å²) < 4.78 is 32.2.